The molecule has 0 spiro atoms. The molecule has 5 nitrogen and oxygen atoms in total. The molecule has 0 atom stereocenters. The molecule has 1 aromatic heterocycles. The first-order valence-corrected chi connectivity index (χ1v) is 5.35. The smallest absolute Gasteiger partial charge is 0.267 e. The van der Waals surface area contributed by atoms with E-state index in [-0.39, 0.29) is 11.8 Å². The first kappa shape index (κ1) is 10.9. The van der Waals surface area contributed by atoms with E-state index >= 15 is 0 Å². The average Bonchev–Trinajstić information content (AvgIpc) is 2.30. The van der Waals surface area contributed by atoms with E-state index in [1.54, 1.807) is 12.3 Å². The van der Waals surface area contributed by atoms with Crippen molar-refractivity contribution in [2.45, 2.75) is 18.9 Å². The van der Waals surface area contributed by atoms with Crippen molar-refractivity contribution in [3.05, 3.63) is 24.0 Å². The third-order valence-corrected chi connectivity index (χ3v) is 2.83. The Hall–Kier alpha value is -1.62. The molecule has 2 rings (SSSR count). The Morgan fingerprint density at radius 3 is 2.81 bits per heavy atom. The van der Waals surface area contributed by atoms with Crippen LogP contribution in [0, 0.1) is 0 Å². The number of piperidine rings is 1. The number of rotatable bonds is 2. The molecule has 86 valence electrons. The van der Waals surface area contributed by atoms with E-state index in [4.69, 9.17) is 5.73 Å². The molecule has 2 heterocycles. The Bertz CT molecular complexity index is 387. The molecule has 0 aromatic carbocycles. The van der Waals surface area contributed by atoms with Gasteiger partial charge in [-0.2, -0.15) is 0 Å². The van der Waals surface area contributed by atoms with Crippen molar-refractivity contribution < 1.29 is 9.90 Å². The van der Waals surface area contributed by atoms with Gasteiger partial charge in [-0.15, -0.1) is 0 Å². The van der Waals surface area contributed by atoms with Gasteiger partial charge in [-0.1, -0.05) is 0 Å². The normalized spacial score (nSPS) is 17.4. The summed E-state index contributed by atoms with van der Waals surface area (Å²) in [6.07, 6.45) is 2.90. The molecule has 1 fully saturated rings. The predicted octanol–water partition coefficient (Wildman–Crippen LogP) is 0.142. The number of nitrogens with zero attached hydrogens (tertiary/aromatic N) is 2. The SMILES string of the molecule is NC(=O)c1cc(N2CCC(O)CC2)ccn1. The highest BCUT2D eigenvalue weighted by atomic mass is 16.3. The zero-order valence-corrected chi connectivity index (χ0v) is 8.97. The maximum atomic E-state index is 11.0. The van der Waals surface area contributed by atoms with E-state index in [2.05, 4.69) is 9.88 Å². The summed E-state index contributed by atoms with van der Waals surface area (Å²) in [5, 5.41) is 9.40. The van der Waals surface area contributed by atoms with E-state index in [1.807, 2.05) is 6.07 Å². The van der Waals surface area contributed by atoms with Gasteiger partial charge in [-0.25, -0.2) is 0 Å². The van der Waals surface area contributed by atoms with Gasteiger partial charge in [-0.05, 0) is 25.0 Å². The summed E-state index contributed by atoms with van der Waals surface area (Å²) in [5.74, 6) is -0.515. The van der Waals surface area contributed by atoms with Crippen molar-refractivity contribution in [1.82, 2.24) is 4.98 Å². The highest BCUT2D eigenvalue weighted by Gasteiger charge is 2.17. The molecule has 1 amide bonds. The first-order chi connectivity index (χ1) is 7.66. The molecule has 1 aliphatic rings. The summed E-state index contributed by atoms with van der Waals surface area (Å²) in [6, 6.07) is 3.55. The zero-order valence-electron chi connectivity index (χ0n) is 8.97. The lowest BCUT2D eigenvalue weighted by Crippen LogP contribution is -2.35. The van der Waals surface area contributed by atoms with Gasteiger partial charge in [0.25, 0.3) is 5.91 Å². The summed E-state index contributed by atoms with van der Waals surface area (Å²) in [7, 11) is 0. The fourth-order valence-corrected chi connectivity index (χ4v) is 1.87. The molecular formula is C11H15N3O2. The van der Waals surface area contributed by atoms with Crippen LogP contribution < -0.4 is 10.6 Å². The van der Waals surface area contributed by atoms with Gasteiger partial charge in [0.15, 0.2) is 0 Å². The van der Waals surface area contributed by atoms with E-state index in [1.165, 1.54) is 0 Å². The number of pyridine rings is 1. The molecule has 0 bridgehead atoms. The van der Waals surface area contributed by atoms with Gasteiger partial charge >= 0.3 is 0 Å². The van der Waals surface area contributed by atoms with Crippen LogP contribution in [-0.4, -0.2) is 35.2 Å². The minimum Gasteiger partial charge on any atom is -0.393 e. The fourth-order valence-electron chi connectivity index (χ4n) is 1.87. The molecule has 1 aromatic rings. The number of aliphatic hydroxyl groups excluding tert-OH is 1. The van der Waals surface area contributed by atoms with Crippen LogP contribution in [-0.2, 0) is 0 Å². The second-order valence-corrected chi connectivity index (χ2v) is 3.98. The standard InChI is InChI=1S/C11H15N3O2/c12-11(16)10-7-8(1-4-13-10)14-5-2-9(15)3-6-14/h1,4,7,9,15H,2-3,5-6H2,(H2,12,16). The third kappa shape index (κ3) is 2.30. The van der Waals surface area contributed by atoms with E-state index in [9.17, 15) is 9.90 Å². The highest BCUT2D eigenvalue weighted by molar-refractivity contribution is 5.91. The predicted molar refractivity (Wildman–Crippen MR) is 60.2 cm³/mol. The van der Waals surface area contributed by atoms with Gasteiger partial charge in [0.05, 0.1) is 6.10 Å². The van der Waals surface area contributed by atoms with Crippen LogP contribution in [0.2, 0.25) is 0 Å². The number of primary amides is 1. The van der Waals surface area contributed by atoms with Crippen LogP contribution in [0.3, 0.4) is 0 Å². The summed E-state index contributed by atoms with van der Waals surface area (Å²) in [5.41, 5.74) is 6.40. The van der Waals surface area contributed by atoms with Gasteiger partial charge in [0.2, 0.25) is 0 Å². The van der Waals surface area contributed by atoms with Crippen LogP contribution in [0.4, 0.5) is 5.69 Å². The molecular weight excluding hydrogens is 206 g/mol. The Morgan fingerprint density at radius 1 is 1.50 bits per heavy atom. The lowest BCUT2D eigenvalue weighted by molar-refractivity contribution is 0.0995. The lowest BCUT2D eigenvalue weighted by Gasteiger charge is -2.31. The van der Waals surface area contributed by atoms with Crippen molar-refractivity contribution >= 4 is 11.6 Å². The Morgan fingerprint density at radius 2 is 2.19 bits per heavy atom. The Kier molecular flexibility index (Phi) is 3.05. The lowest BCUT2D eigenvalue weighted by atomic mass is 10.1. The maximum Gasteiger partial charge on any atom is 0.267 e. The van der Waals surface area contributed by atoms with Crippen LogP contribution in [0.15, 0.2) is 18.3 Å². The summed E-state index contributed by atoms with van der Waals surface area (Å²) in [4.78, 5) is 17.0. The van der Waals surface area contributed by atoms with Crippen molar-refractivity contribution in [3.8, 4) is 0 Å². The number of nitrogens with two attached hydrogens (primary N) is 1. The van der Waals surface area contributed by atoms with Gasteiger partial charge in [0, 0.05) is 25.0 Å². The highest BCUT2D eigenvalue weighted by Crippen LogP contribution is 2.19. The van der Waals surface area contributed by atoms with Crippen molar-refractivity contribution in [2.75, 3.05) is 18.0 Å². The van der Waals surface area contributed by atoms with Gasteiger partial charge in [-0.3, -0.25) is 9.78 Å². The number of aliphatic hydroxyl groups is 1. The Labute approximate surface area is 93.9 Å². The van der Waals surface area contributed by atoms with Crippen LogP contribution in [0.5, 0.6) is 0 Å². The topological polar surface area (TPSA) is 79.5 Å². The minimum absolute atomic E-state index is 0.200. The van der Waals surface area contributed by atoms with Gasteiger partial charge < -0.3 is 15.7 Å². The molecule has 0 radical (unpaired) electrons. The summed E-state index contributed by atoms with van der Waals surface area (Å²) >= 11 is 0. The first-order valence-electron chi connectivity index (χ1n) is 5.35. The van der Waals surface area contributed by atoms with Crippen molar-refractivity contribution in [3.63, 3.8) is 0 Å². The molecule has 1 saturated heterocycles. The number of anilines is 1. The summed E-state index contributed by atoms with van der Waals surface area (Å²) < 4.78 is 0. The number of amides is 1. The van der Waals surface area contributed by atoms with Crippen molar-refractivity contribution in [1.29, 1.82) is 0 Å². The largest absolute Gasteiger partial charge is 0.393 e. The van der Waals surface area contributed by atoms with Crippen LogP contribution in [0.25, 0.3) is 0 Å². The number of carbonyl (C=O) groups is 1. The second-order valence-electron chi connectivity index (χ2n) is 3.98. The van der Waals surface area contributed by atoms with E-state index in [0.717, 1.165) is 31.6 Å². The fraction of sp³-hybridized carbons (Fsp3) is 0.455. The van der Waals surface area contributed by atoms with Crippen LogP contribution >= 0.6 is 0 Å². The van der Waals surface area contributed by atoms with Gasteiger partial charge in [0.1, 0.15) is 5.69 Å². The number of hydrogen-bond acceptors (Lipinski definition) is 4. The quantitative estimate of drug-likeness (QED) is 0.744. The van der Waals surface area contributed by atoms with Crippen molar-refractivity contribution in [2.24, 2.45) is 5.73 Å². The summed E-state index contributed by atoms with van der Waals surface area (Å²) in [6.45, 7) is 1.59. The Balaban J connectivity index is 2.14. The second kappa shape index (κ2) is 4.49. The molecule has 1 aliphatic heterocycles. The maximum absolute atomic E-state index is 11.0. The third-order valence-electron chi connectivity index (χ3n) is 2.83. The number of carbonyl (C=O) groups excluding carboxylic acids is 1. The zero-order chi connectivity index (χ0) is 11.5. The monoisotopic (exact) mass is 221 g/mol. The average molecular weight is 221 g/mol. The number of aromatic nitrogens is 1. The number of hydrogen-bond donors (Lipinski definition) is 2. The van der Waals surface area contributed by atoms with E-state index < -0.39 is 5.91 Å². The molecule has 0 unspecified atom stereocenters. The molecule has 0 aliphatic carbocycles. The van der Waals surface area contributed by atoms with E-state index in [0.29, 0.717) is 0 Å². The van der Waals surface area contributed by atoms with Crippen LogP contribution in [0.1, 0.15) is 23.3 Å². The molecule has 0 saturated carbocycles. The molecule has 16 heavy (non-hydrogen) atoms. The molecule has 3 N–H and O–H groups in total. The molecule has 5 heteroatoms. The minimum atomic E-state index is -0.515.